The van der Waals surface area contributed by atoms with Crippen LogP contribution in [0.15, 0.2) is 54.6 Å². The number of rotatable bonds is 8. The molecule has 2 rings (SSSR count). The highest BCUT2D eigenvalue weighted by atomic mass is 16.6. The molecule has 0 aromatic heterocycles. The van der Waals surface area contributed by atoms with Crippen LogP contribution in [-0.2, 0) is 27.3 Å². The number of hydrogen-bond acceptors (Lipinski definition) is 5. The molecule has 0 saturated heterocycles. The van der Waals surface area contributed by atoms with Gasteiger partial charge in [0.1, 0.15) is 18.0 Å². The summed E-state index contributed by atoms with van der Waals surface area (Å²) in [4.78, 5) is 23.3. The second-order valence-corrected chi connectivity index (χ2v) is 7.67. The van der Waals surface area contributed by atoms with Crippen LogP contribution in [0.3, 0.4) is 0 Å². The smallest absolute Gasteiger partial charge is 0.407 e. The van der Waals surface area contributed by atoms with Crippen molar-refractivity contribution in [2.75, 3.05) is 13.7 Å². The SMILES string of the molecule is COC(=O)C=Cc1ccc(OCc2ccccc2)cc1CCNC(=O)OC(C)(C)C. The second kappa shape index (κ2) is 11.0. The van der Waals surface area contributed by atoms with Gasteiger partial charge in [-0.1, -0.05) is 36.4 Å². The lowest BCUT2D eigenvalue weighted by Gasteiger charge is -2.19. The Morgan fingerprint density at radius 1 is 1.07 bits per heavy atom. The number of ether oxygens (including phenoxy) is 3. The number of alkyl carbamates (subject to hydrolysis) is 1. The van der Waals surface area contributed by atoms with Gasteiger partial charge in [-0.25, -0.2) is 9.59 Å². The van der Waals surface area contributed by atoms with Crippen molar-refractivity contribution in [2.45, 2.75) is 39.4 Å². The fourth-order valence-electron chi connectivity index (χ4n) is 2.63. The van der Waals surface area contributed by atoms with Crippen molar-refractivity contribution < 1.29 is 23.8 Å². The summed E-state index contributed by atoms with van der Waals surface area (Å²) in [6, 6.07) is 15.5. The van der Waals surface area contributed by atoms with E-state index in [0.717, 1.165) is 16.7 Å². The summed E-state index contributed by atoms with van der Waals surface area (Å²) in [6.45, 7) is 6.28. The van der Waals surface area contributed by atoms with Crippen LogP contribution in [0.2, 0.25) is 0 Å². The fraction of sp³-hybridized carbons (Fsp3) is 0.333. The Labute approximate surface area is 177 Å². The Morgan fingerprint density at radius 2 is 1.80 bits per heavy atom. The molecule has 0 aliphatic carbocycles. The first-order valence-corrected chi connectivity index (χ1v) is 9.79. The Balaban J connectivity index is 2.08. The monoisotopic (exact) mass is 411 g/mol. The average Bonchev–Trinajstić information content (AvgIpc) is 2.70. The molecule has 30 heavy (non-hydrogen) atoms. The van der Waals surface area contributed by atoms with Gasteiger partial charge in [0.05, 0.1) is 7.11 Å². The molecule has 2 aromatic carbocycles. The summed E-state index contributed by atoms with van der Waals surface area (Å²) in [5.41, 5.74) is 2.29. The second-order valence-electron chi connectivity index (χ2n) is 7.67. The van der Waals surface area contributed by atoms with Crippen LogP contribution >= 0.6 is 0 Å². The van der Waals surface area contributed by atoms with E-state index in [0.29, 0.717) is 25.3 Å². The van der Waals surface area contributed by atoms with E-state index in [9.17, 15) is 9.59 Å². The van der Waals surface area contributed by atoms with Gasteiger partial charge < -0.3 is 19.5 Å². The number of nitrogens with one attached hydrogen (secondary N) is 1. The Morgan fingerprint density at radius 3 is 2.47 bits per heavy atom. The molecule has 0 atom stereocenters. The van der Waals surface area contributed by atoms with Gasteiger partial charge in [-0.3, -0.25) is 0 Å². The van der Waals surface area contributed by atoms with E-state index in [1.165, 1.54) is 13.2 Å². The van der Waals surface area contributed by atoms with Crippen molar-refractivity contribution >= 4 is 18.1 Å². The number of amides is 1. The van der Waals surface area contributed by atoms with Gasteiger partial charge in [-0.15, -0.1) is 0 Å². The van der Waals surface area contributed by atoms with Crippen LogP contribution in [0.1, 0.15) is 37.5 Å². The number of benzene rings is 2. The highest BCUT2D eigenvalue weighted by Crippen LogP contribution is 2.21. The summed E-state index contributed by atoms with van der Waals surface area (Å²) >= 11 is 0. The van der Waals surface area contributed by atoms with E-state index in [-0.39, 0.29) is 0 Å². The summed E-state index contributed by atoms with van der Waals surface area (Å²) in [7, 11) is 1.33. The maximum atomic E-state index is 11.9. The molecule has 0 fully saturated rings. The molecule has 6 heteroatoms. The minimum atomic E-state index is -0.552. The van der Waals surface area contributed by atoms with E-state index in [2.05, 4.69) is 10.1 Å². The Bertz CT molecular complexity index is 869. The van der Waals surface area contributed by atoms with Crippen molar-refractivity contribution in [3.05, 3.63) is 71.3 Å². The molecule has 0 bridgehead atoms. The minimum Gasteiger partial charge on any atom is -0.489 e. The first-order chi connectivity index (χ1) is 14.3. The fourth-order valence-corrected chi connectivity index (χ4v) is 2.63. The lowest BCUT2D eigenvalue weighted by Crippen LogP contribution is -2.33. The third kappa shape index (κ3) is 8.39. The Hall–Kier alpha value is -3.28. The van der Waals surface area contributed by atoms with E-state index in [1.54, 1.807) is 6.08 Å². The molecule has 0 spiro atoms. The molecule has 0 radical (unpaired) electrons. The van der Waals surface area contributed by atoms with Gasteiger partial charge in [0.15, 0.2) is 0 Å². The molecule has 0 aliphatic rings. The number of esters is 1. The van der Waals surface area contributed by atoms with Crippen molar-refractivity contribution in [1.82, 2.24) is 5.32 Å². The topological polar surface area (TPSA) is 73.9 Å². The zero-order valence-corrected chi connectivity index (χ0v) is 17.9. The van der Waals surface area contributed by atoms with Gasteiger partial charge in [-0.2, -0.15) is 0 Å². The van der Waals surface area contributed by atoms with Crippen molar-refractivity contribution in [3.63, 3.8) is 0 Å². The zero-order valence-electron chi connectivity index (χ0n) is 17.9. The molecule has 2 aromatic rings. The summed E-state index contributed by atoms with van der Waals surface area (Å²) in [5.74, 6) is 0.276. The third-order valence-corrected chi connectivity index (χ3v) is 4.03. The van der Waals surface area contributed by atoms with Crippen LogP contribution in [0.25, 0.3) is 6.08 Å². The zero-order chi connectivity index (χ0) is 22.0. The molecule has 1 N–H and O–H groups in total. The quantitative estimate of drug-likeness (QED) is 0.511. The minimum absolute atomic E-state index is 0.385. The summed E-state index contributed by atoms with van der Waals surface area (Å²) < 4.78 is 15.8. The van der Waals surface area contributed by atoms with Crippen LogP contribution in [0.4, 0.5) is 4.79 Å². The predicted octanol–water partition coefficient (Wildman–Crippen LogP) is 4.52. The average molecular weight is 411 g/mol. The van der Waals surface area contributed by atoms with Crippen molar-refractivity contribution in [2.24, 2.45) is 0 Å². The first-order valence-electron chi connectivity index (χ1n) is 9.79. The molecule has 160 valence electrons. The van der Waals surface area contributed by atoms with E-state index >= 15 is 0 Å². The summed E-state index contributed by atoms with van der Waals surface area (Å²) in [5, 5.41) is 2.75. The van der Waals surface area contributed by atoms with Gasteiger partial charge in [0.2, 0.25) is 0 Å². The number of carbonyl (C=O) groups is 2. The Kier molecular flexibility index (Phi) is 8.47. The summed E-state index contributed by atoms with van der Waals surface area (Å²) in [6.07, 6.45) is 3.13. The maximum Gasteiger partial charge on any atom is 0.407 e. The van der Waals surface area contributed by atoms with Crippen LogP contribution in [-0.4, -0.2) is 31.3 Å². The van der Waals surface area contributed by atoms with E-state index < -0.39 is 17.7 Å². The van der Waals surface area contributed by atoms with Crippen LogP contribution in [0.5, 0.6) is 5.75 Å². The normalized spacial score (nSPS) is 11.2. The molecular formula is C24H29NO5. The highest BCUT2D eigenvalue weighted by Gasteiger charge is 2.15. The van der Waals surface area contributed by atoms with Gasteiger partial charge >= 0.3 is 12.1 Å². The van der Waals surface area contributed by atoms with Crippen LogP contribution < -0.4 is 10.1 Å². The third-order valence-electron chi connectivity index (χ3n) is 4.03. The largest absolute Gasteiger partial charge is 0.489 e. The van der Waals surface area contributed by atoms with E-state index in [4.69, 9.17) is 9.47 Å². The number of methoxy groups -OCH3 is 1. The van der Waals surface area contributed by atoms with Crippen molar-refractivity contribution in [1.29, 1.82) is 0 Å². The number of hydrogen-bond donors (Lipinski definition) is 1. The predicted molar refractivity (Wildman–Crippen MR) is 116 cm³/mol. The lowest BCUT2D eigenvalue weighted by atomic mass is 10.0. The standard InChI is InChI=1S/C24H29NO5/c1-24(2,3)30-23(27)25-15-14-20-16-21(29-17-18-8-6-5-7-9-18)12-10-19(20)11-13-22(26)28-4/h5-13,16H,14-15,17H2,1-4H3,(H,25,27). The molecule has 0 unspecified atom stereocenters. The maximum absolute atomic E-state index is 11.9. The molecule has 6 nitrogen and oxygen atoms in total. The molecule has 0 heterocycles. The van der Waals surface area contributed by atoms with Gasteiger partial charge in [-0.05, 0) is 62.1 Å². The molecule has 0 aliphatic heterocycles. The molecule has 1 amide bonds. The lowest BCUT2D eigenvalue weighted by molar-refractivity contribution is -0.134. The molecular weight excluding hydrogens is 382 g/mol. The van der Waals surface area contributed by atoms with Gasteiger partial charge in [0, 0.05) is 12.6 Å². The highest BCUT2D eigenvalue weighted by molar-refractivity contribution is 5.87. The van der Waals surface area contributed by atoms with Gasteiger partial charge in [0.25, 0.3) is 0 Å². The first kappa shape index (κ1) is 23.0. The van der Waals surface area contributed by atoms with Crippen LogP contribution in [0, 0.1) is 0 Å². The van der Waals surface area contributed by atoms with Crippen molar-refractivity contribution in [3.8, 4) is 5.75 Å². The molecule has 0 saturated carbocycles. The van der Waals surface area contributed by atoms with E-state index in [1.807, 2.05) is 69.3 Å². The number of carbonyl (C=O) groups excluding carboxylic acids is 2.